The molecule has 0 spiro atoms. The summed E-state index contributed by atoms with van der Waals surface area (Å²) in [5.74, 6) is 4.60. The van der Waals surface area contributed by atoms with Gasteiger partial charge >= 0.3 is 0 Å². The van der Waals surface area contributed by atoms with Gasteiger partial charge in [-0.25, -0.2) is 0 Å². The van der Waals surface area contributed by atoms with Gasteiger partial charge in [0.25, 0.3) is 10.1 Å². The first-order valence-electron chi connectivity index (χ1n) is 4.45. The van der Waals surface area contributed by atoms with Gasteiger partial charge in [-0.15, -0.1) is 5.92 Å². The Hall–Kier alpha value is -1.31. The number of hydrogen-bond donors (Lipinski definition) is 1. The maximum Gasteiger partial charge on any atom is 0.266 e. The lowest BCUT2D eigenvalue weighted by molar-refractivity contribution is 0.481. The van der Waals surface area contributed by atoms with E-state index in [2.05, 4.69) is 11.8 Å². The minimum Gasteiger partial charge on any atom is -0.285 e. The molecule has 0 aromatic heterocycles. The van der Waals surface area contributed by atoms with Crippen LogP contribution in [0.3, 0.4) is 0 Å². The van der Waals surface area contributed by atoms with Crippen LogP contribution in [0.25, 0.3) is 0 Å². The summed E-state index contributed by atoms with van der Waals surface area (Å²) in [7, 11) is -4.00. The van der Waals surface area contributed by atoms with Crippen molar-refractivity contribution < 1.29 is 13.0 Å². The molecule has 1 unspecified atom stereocenters. The Bertz CT molecular complexity index is 466. The van der Waals surface area contributed by atoms with Gasteiger partial charge in [-0.1, -0.05) is 36.3 Å². The average molecular weight is 224 g/mol. The molecule has 15 heavy (non-hydrogen) atoms. The van der Waals surface area contributed by atoms with Crippen LogP contribution in [0.5, 0.6) is 0 Å². The molecule has 0 aliphatic heterocycles. The number of rotatable bonds is 3. The van der Waals surface area contributed by atoms with E-state index in [1.54, 1.807) is 19.1 Å². The number of benzene rings is 1. The first-order chi connectivity index (χ1) is 7.03. The average Bonchev–Trinajstić information content (AvgIpc) is 2.17. The van der Waals surface area contributed by atoms with E-state index < -0.39 is 16.0 Å². The van der Waals surface area contributed by atoms with Crippen LogP contribution in [0.2, 0.25) is 0 Å². The summed E-state index contributed by atoms with van der Waals surface area (Å²) in [5, 5.41) is 0. The molecule has 3 nitrogen and oxygen atoms in total. The van der Waals surface area contributed by atoms with Crippen molar-refractivity contribution >= 4 is 10.1 Å². The second-order valence-corrected chi connectivity index (χ2v) is 4.60. The third-order valence-corrected chi connectivity index (χ3v) is 2.65. The van der Waals surface area contributed by atoms with Gasteiger partial charge in [-0.05, 0) is 12.5 Å². The molecule has 0 bridgehead atoms. The Morgan fingerprint density at radius 3 is 2.40 bits per heavy atom. The predicted molar refractivity (Wildman–Crippen MR) is 59.0 cm³/mol. The van der Waals surface area contributed by atoms with Crippen LogP contribution >= 0.6 is 0 Å². The maximum atomic E-state index is 10.8. The summed E-state index contributed by atoms with van der Waals surface area (Å²) in [5.41, 5.74) is 0.796. The smallest absolute Gasteiger partial charge is 0.266 e. The first-order valence-corrected chi connectivity index (χ1v) is 6.06. The van der Waals surface area contributed by atoms with E-state index in [1.807, 2.05) is 18.2 Å². The van der Waals surface area contributed by atoms with Gasteiger partial charge in [0.05, 0.1) is 11.7 Å². The van der Waals surface area contributed by atoms with E-state index in [0.717, 1.165) is 5.56 Å². The molecule has 0 aliphatic carbocycles. The molecule has 4 heteroatoms. The van der Waals surface area contributed by atoms with E-state index in [4.69, 9.17) is 4.55 Å². The molecule has 1 atom stereocenters. The lowest BCUT2D eigenvalue weighted by atomic mass is 10.0. The molecular weight excluding hydrogens is 212 g/mol. The summed E-state index contributed by atoms with van der Waals surface area (Å²) in [4.78, 5) is 0. The SMILES string of the molecule is CC#CC(CS(=O)(=O)O)c1ccccc1. The van der Waals surface area contributed by atoms with E-state index >= 15 is 0 Å². The standard InChI is InChI=1S/C11H12O3S/c1-2-6-11(9-15(12,13)14)10-7-4-3-5-8-10/h3-5,7-8,11H,9H2,1H3,(H,12,13,14). The topological polar surface area (TPSA) is 54.4 Å². The third kappa shape index (κ3) is 4.15. The molecular formula is C11H12O3S. The Kier molecular flexibility index (Phi) is 3.89. The van der Waals surface area contributed by atoms with Crippen LogP contribution in [0.4, 0.5) is 0 Å². The van der Waals surface area contributed by atoms with Crippen molar-refractivity contribution in [1.29, 1.82) is 0 Å². The molecule has 1 aromatic rings. The molecule has 0 saturated carbocycles. The van der Waals surface area contributed by atoms with Crippen LogP contribution in [-0.2, 0) is 10.1 Å². The van der Waals surface area contributed by atoms with Crippen molar-refractivity contribution in [3.8, 4) is 11.8 Å². The Labute approximate surface area is 89.9 Å². The van der Waals surface area contributed by atoms with Crippen molar-refractivity contribution in [2.24, 2.45) is 0 Å². The summed E-state index contributed by atoms with van der Waals surface area (Å²) < 4.78 is 30.3. The van der Waals surface area contributed by atoms with Crippen LogP contribution in [0.1, 0.15) is 18.4 Å². The molecule has 1 aromatic carbocycles. The van der Waals surface area contributed by atoms with Crippen molar-refractivity contribution in [3.05, 3.63) is 35.9 Å². The fourth-order valence-corrected chi connectivity index (χ4v) is 1.99. The van der Waals surface area contributed by atoms with Crippen molar-refractivity contribution in [2.75, 3.05) is 5.75 Å². The minimum atomic E-state index is -4.00. The first kappa shape index (κ1) is 11.8. The third-order valence-electron chi connectivity index (χ3n) is 1.90. The highest BCUT2D eigenvalue weighted by Gasteiger charge is 2.16. The molecule has 0 heterocycles. The highest BCUT2D eigenvalue weighted by Crippen LogP contribution is 2.16. The zero-order chi connectivity index (χ0) is 11.3. The van der Waals surface area contributed by atoms with Gasteiger partial charge < -0.3 is 0 Å². The van der Waals surface area contributed by atoms with Gasteiger partial charge in [0.2, 0.25) is 0 Å². The van der Waals surface area contributed by atoms with Crippen LogP contribution in [0.15, 0.2) is 30.3 Å². The van der Waals surface area contributed by atoms with E-state index in [-0.39, 0.29) is 5.75 Å². The van der Waals surface area contributed by atoms with Gasteiger partial charge in [0.15, 0.2) is 0 Å². The second kappa shape index (κ2) is 4.96. The van der Waals surface area contributed by atoms with E-state index in [1.165, 1.54) is 0 Å². The maximum absolute atomic E-state index is 10.8. The van der Waals surface area contributed by atoms with Crippen molar-refractivity contribution in [1.82, 2.24) is 0 Å². The zero-order valence-electron chi connectivity index (χ0n) is 8.34. The molecule has 1 rings (SSSR count). The lowest BCUT2D eigenvalue weighted by Gasteiger charge is -2.08. The fraction of sp³-hybridized carbons (Fsp3) is 0.273. The Morgan fingerprint density at radius 1 is 1.33 bits per heavy atom. The quantitative estimate of drug-likeness (QED) is 0.627. The lowest BCUT2D eigenvalue weighted by Crippen LogP contribution is -2.12. The molecule has 0 amide bonds. The summed E-state index contributed by atoms with van der Waals surface area (Å²) in [6, 6.07) is 9.04. The highest BCUT2D eigenvalue weighted by molar-refractivity contribution is 7.85. The molecule has 0 radical (unpaired) electrons. The molecule has 0 aliphatic rings. The van der Waals surface area contributed by atoms with Gasteiger partial charge in [-0.3, -0.25) is 4.55 Å². The number of hydrogen-bond acceptors (Lipinski definition) is 2. The van der Waals surface area contributed by atoms with Crippen molar-refractivity contribution in [3.63, 3.8) is 0 Å². The zero-order valence-corrected chi connectivity index (χ0v) is 9.16. The van der Waals surface area contributed by atoms with Gasteiger partial charge in [0, 0.05) is 0 Å². The van der Waals surface area contributed by atoms with Crippen molar-refractivity contribution in [2.45, 2.75) is 12.8 Å². The largest absolute Gasteiger partial charge is 0.285 e. The normalized spacial score (nSPS) is 12.7. The summed E-state index contributed by atoms with van der Waals surface area (Å²) in [6.07, 6.45) is 0. The monoisotopic (exact) mass is 224 g/mol. The van der Waals surface area contributed by atoms with Crippen LogP contribution < -0.4 is 0 Å². The van der Waals surface area contributed by atoms with Crippen LogP contribution in [0, 0.1) is 11.8 Å². The molecule has 80 valence electrons. The Balaban J connectivity index is 2.98. The molecule has 0 saturated heterocycles. The molecule has 0 fully saturated rings. The molecule has 1 N–H and O–H groups in total. The Morgan fingerprint density at radius 2 is 1.93 bits per heavy atom. The van der Waals surface area contributed by atoms with Gasteiger partial charge in [0.1, 0.15) is 0 Å². The highest BCUT2D eigenvalue weighted by atomic mass is 32.2. The summed E-state index contributed by atoms with van der Waals surface area (Å²) >= 11 is 0. The summed E-state index contributed by atoms with van der Waals surface area (Å²) in [6.45, 7) is 1.64. The van der Waals surface area contributed by atoms with Gasteiger partial charge in [-0.2, -0.15) is 8.42 Å². The second-order valence-electron chi connectivity index (χ2n) is 3.11. The predicted octanol–water partition coefficient (Wildman–Crippen LogP) is 1.68. The van der Waals surface area contributed by atoms with E-state index in [9.17, 15) is 8.42 Å². The minimum absolute atomic E-state index is 0.363. The fourth-order valence-electron chi connectivity index (χ4n) is 1.29. The van der Waals surface area contributed by atoms with Crippen LogP contribution in [-0.4, -0.2) is 18.7 Å². The van der Waals surface area contributed by atoms with E-state index in [0.29, 0.717) is 0 Å².